The molecule has 0 spiro atoms. The van der Waals surface area contributed by atoms with Crippen LogP contribution in [0.25, 0.3) is 16.7 Å². The predicted molar refractivity (Wildman–Crippen MR) is 111 cm³/mol. The van der Waals surface area contributed by atoms with E-state index in [1.54, 1.807) is 36.4 Å². The summed E-state index contributed by atoms with van der Waals surface area (Å²) in [6.07, 6.45) is -4.56. The molecule has 4 aromatic rings. The molecule has 0 amide bonds. The molecule has 32 heavy (non-hydrogen) atoms. The normalized spacial score (nSPS) is 14.1. The molecule has 0 fully saturated rings. The number of halogens is 3. The molecule has 0 unspecified atom stereocenters. The number of benzene rings is 3. The molecule has 0 bridgehead atoms. The molecule has 158 valence electrons. The lowest BCUT2D eigenvalue weighted by molar-refractivity contribution is -0.137. The quantitative estimate of drug-likeness (QED) is 0.501. The van der Waals surface area contributed by atoms with E-state index in [1.807, 2.05) is 0 Å². The second-order valence-electron chi connectivity index (χ2n) is 7.12. The van der Waals surface area contributed by atoms with Crippen molar-refractivity contribution in [2.75, 3.05) is 5.32 Å². The molecule has 0 radical (unpaired) electrons. The van der Waals surface area contributed by atoms with Crippen molar-refractivity contribution < 1.29 is 22.8 Å². The average Bonchev–Trinajstić information content (AvgIpc) is 3.21. The number of hydrogen-bond acceptors (Lipinski definition) is 5. The SMILES string of the molecule is O=C1C(Nc2cccc(C(F)(F)F)c2)=C(n2nnc3ccccc32)C(=O)c2ccccc21. The molecule has 3 aromatic carbocycles. The van der Waals surface area contributed by atoms with Gasteiger partial charge in [0.2, 0.25) is 11.6 Å². The Kier molecular flexibility index (Phi) is 4.40. The van der Waals surface area contributed by atoms with Crippen LogP contribution in [0.2, 0.25) is 0 Å². The van der Waals surface area contributed by atoms with E-state index in [9.17, 15) is 22.8 Å². The summed E-state index contributed by atoms with van der Waals surface area (Å²) in [6.45, 7) is 0. The van der Waals surface area contributed by atoms with Gasteiger partial charge < -0.3 is 5.32 Å². The van der Waals surface area contributed by atoms with E-state index in [1.165, 1.54) is 28.9 Å². The molecule has 1 heterocycles. The van der Waals surface area contributed by atoms with Gasteiger partial charge in [-0.1, -0.05) is 47.7 Å². The minimum atomic E-state index is -4.56. The standard InChI is InChI=1S/C23H13F3N4O2/c24-23(25,26)13-6-5-7-14(12-13)27-19-20(30-18-11-4-3-10-17(18)28-29-30)22(32)16-9-2-1-8-15(16)21(19)31/h1-12,27H. The molecule has 1 aliphatic carbocycles. The fourth-order valence-corrected chi connectivity index (χ4v) is 3.63. The smallest absolute Gasteiger partial charge is 0.350 e. The molecular weight excluding hydrogens is 421 g/mol. The molecule has 1 N–H and O–H groups in total. The third-order valence-electron chi connectivity index (χ3n) is 5.12. The van der Waals surface area contributed by atoms with E-state index in [0.29, 0.717) is 11.0 Å². The Morgan fingerprint density at radius 1 is 0.812 bits per heavy atom. The minimum absolute atomic E-state index is 0.0114. The van der Waals surface area contributed by atoms with Crippen LogP contribution in [0.5, 0.6) is 0 Å². The number of alkyl halides is 3. The first-order chi connectivity index (χ1) is 15.3. The van der Waals surface area contributed by atoms with Crippen molar-refractivity contribution in [3.63, 3.8) is 0 Å². The Morgan fingerprint density at radius 3 is 2.25 bits per heavy atom. The van der Waals surface area contributed by atoms with Crippen LogP contribution in [-0.2, 0) is 6.18 Å². The van der Waals surface area contributed by atoms with Crippen LogP contribution >= 0.6 is 0 Å². The largest absolute Gasteiger partial charge is 0.416 e. The van der Waals surface area contributed by atoms with Crippen molar-refractivity contribution in [2.24, 2.45) is 0 Å². The number of fused-ring (bicyclic) bond motifs is 2. The summed E-state index contributed by atoms with van der Waals surface area (Å²) < 4.78 is 40.8. The zero-order chi connectivity index (χ0) is 22.5. The molecule has 5 rings (SSSR count). The van der Waals surface area contributed by atoms with Crippen LogP contribution in [0.3, 0.4) is 0 Å². The number of ketones is 2. The molecule has 0 atom stereocenters. The van der Waals surface area contributed by atoms with Gasteiger partial charge in [-0.15, -0.1) is 5.10 Å². The molecule has 0 aliphatic heterocycles. The highest BCUT2D eigenvalue weighted by atomic mass is 19.4. The van der Waals surface area contributed by atoms with E-state index in [-0.39, 0.29) is 28.2 Å². The Bertz CT molecular complexity index is 1440. The van der Waals surface area contributed by atoms with Gasteiger partial charge in [-0.2, -0.15) is 13.2 Å². The lowest BCUT2D eigenvalue weighted by atomic mass is 9.90. The van der Waals surface area contributed by atoms with Crippen LogP contribution in [0.15, 0.2) is 78.5 Å². The maximum Gasteiger partial charge on any atom is 0.416 e. The third-order valence-corrected chi connectivity index (χ3v) is 5.12. The Morgan fingerprint density at radius 2 is 1.50 bits per heavy atom. The second-order valence-corrected chi connectivity index (χ2v) is 7.12. The summed E-state index contributed by atoms with van der Waals surface area (Å²) in [7, 11) is 0. The topological polar surface area (TPSA) is 76.9 Å². The van der Waals surface area contributed by atoms with Crippen molar-refractivity contribution in [3.05, 3.63) is 95.2 Å². The van der Waals surface area contributed by atoms with Crippen molar-refractivity contribution in [3.8, 4) is 0 Å². The highest BCUT2D eigenvalue weighted by Crippen LogP contribution is 2.34. The van der Waals surface area contributed by atoms with Gasteiger partial charge in [0.25, 0.3) is 0 Å². The summed E-state index contributed by atoms with van der Waals surface area (Å²) in [4.78, 5) is 26.7. The van der Waals surface area contributed by atoms with Crippen LogP contribution < -0.4 is 5.32 Å². The minimum Gasteiger partial charge on any atom is -0.350 e. The van der Waals surface area contributed by atoms with Crippen LogP contribution in [0.1, 0.15) is 26.3 Å². The molecule has 1 aromatic heterocycles. The van der Waals surface area contributed by atoms with Crippen LogP contribution in [0.4, 0.5) is 18.9 Å². The summed E-state index contributed by atoms with van der Waals surface area (Å²) in [5, 5.41) is 10.8. The molecular formula is C23H13F3N4O2. The lowest BCUT2D eigenvalue weighted by Gasteiger charge is -2.22. The summed E-state index contributed by atoms with van der Waals surface area (Å²) in [6, 6.07) is 17.5. The zero-order valence-corrected chi connectivity index (χ0v) is 16.2. The fraction of sp³-hybridized carbons (Fsp3) is 0.0435. The number of aromatic nitrogens is 3. The first-order valence-corrected chi connectivity index (χ1v) is 9.52. The van der Waals surface area contributed by atoms with Gasteiger partial charge in [0.1, 0.15) is 16.9 Å². The zero-order valence-electron chi connectivity index (χ0n) is 16.2. The fourth-order valence-electron chi connectivity index (χ4n) is 3.63. The van der Waals surface area contributed by atoms with E-state index >= 15 is 0 Å². The Balaban J connectivity index is 1.72. The van der Waals surface area contributed by atoms with Gasteiger partial charge in [0.05, 0.1) is 11.1 Å². The number of hydrogen-bond donors (Lipinski definition) is 1. The Hall–Kier alpha value is -4.27. The second kappa shape index (κ2) is 7.16. The number of nitrogens with zero attached hydrogens (tertiary/aromatic N) is 3. The van der Waals surface area contributed by atoms with Crippen LogP contribution in [-0.4, -0.2) is 26.6 Å². The first kappa shape index (κ1) is 19.7. The third kappa shape index (κ3) is 3.15. The molecule has 9 heteroatoms. The highest BCUT2D eigenvalue weighted by Gasteiger charge is 2.35. The summed E-state index contributed by atoms with van der Waals surface area (Å²) >= 11 is 0. The summed E-state index contributed by atoms with van der Waals surface area (Å²) in [5.41, 5.74) is 0.150. The first-order valence-electron chi connectivity index (χ1n) is 9.52. The molecule has 0 saturated carbocycles. The molecule has 6 nitrogen and oxygen atoms in total. The van der Waals surface area contributed by atoms with E-state index in [2.05, 4.69) is 15.6 Å². The Labute approximate surface area is 179 Å². The van der Waals surface area contributed by atoms with Crippen molar-refractivity contribution in [1.29, 1.82) is 0 Å². The van der Waals surface area contributed by atoms with Gasteiger partial charge in [0, 0.05) is 16.8 Å². The monoisotopic (exact) mass is 434 g/mol. The number of para-hydroxylation sites is 1. The highest BCUT2D eigenvalue weighted by molar-refractivity contribution is 6.38. The van der Waals surface area contributed by atoms with Crippen molar-refractivity contribution >= 4 is 34.0 Å². The maximum absolute atomic E-state index is 13.4. The number of nitrogens with one attached hydrogen (secondary N) is 1. The maximum atomic E-state index is 13.4. The van der Waals surface area contributed by atoms with Gasteiger partial charge in [-0.25, -0.2) is 4.68 Å². The average molecular weight is 434 g/mol. The number of allylic oxidation sites excluding steroid dienone is 2. The van der Waals surface area contributed by atoms with Gasteiger partial charge in [0.15, 0.2) is 0 Å². The number of carbonyl (C=O) groups is 2. The summed E-state index contributed by atoms with van der Waals surface area (Å²) in [5.74, 6) is -1.03. The molecule has 1 aliphatic rings. The number of carbonyl (C=O) groups excluding carboxylic acids is 2. The van der Waals surface area contributed by atoms with Crippen molar-refractivity contribution in [2.45, 2.75) is 6.18 Å². The van der Waals surface area contributed by atoms with E-state index in [0.717, 1.165) is 12.1 Å². The van der Waals surface area contributed by atoms with E-state index < -0.39 is 23.3 Å². The number of anilines is 1. The predicted octanol–water partition coefficient (Wildman–Crippen LogP) is 4.81. The van der Waals surface area contributed by atoms with Crippen molar-refractivity contribution in [1.82, 2.24) is 15.0 Å². The van der Waals surface area contributed by atoms with Gasteiger partial charge >= 0.3 is 6.18 Å². The van der Waals surface area contributed by atoms with E-state index in [4.69, 9.17) is 0 Å². The lowest BCUT2D eigenvalue weighted by Crippen LogP contribution is -2.28. The van der Waals surface area contributed by atoms with Gasteiger partial charge in [-0.3, -0.25) is 9.59 Å². The number of rotatable bonds is 3. The van der Waals surface area contributed by atoms with Crippen LogP contribution in [0, 0.1) is 0 Å². The van der Waals surface area contributed by atoms with Gasteiger partial charge in [-0.05, 0) is 30.3 Å². The number of Topliss-reactive ketones (excluding diaryl/α,β-unsaturated/α-hetero) is 2. The molecule has 0 saturated heterocycles.